The summed E-state index contributed by atoms with van der Waals surface area (Å²) in [5, 5.41) is 3.27. The molecule has 0 atom stereocenters. The van der Waals surface area contributed by atoms with E-state index in [1.165, 1.54) is 0 Å². The predicted molar refractivity (Wildman–Crippen MR) is 72.6 cm³/mol. The highest BCUT2D eigenvalue weighted by molar-refractivity contribution is 5.96. The number of aryl methyl sites for hydroxylation is 1. The van der Waals surface area contributed by atoms with Crippen LogP contribution in [0.4, 0.5) is 0 Å². The summed E-state index contributed by atoms with van der Waals surface area (Å²) in [5.74, 6) is -0.375. The first-order valence-electron chi connectivity index (χ1n) is 6.32. The van der Waals surface area contributed by atoms with Crippen LogP contribution in [-0.2, 0) is 13.1 Å². The van der Waals surface area contributed by atoms with Crippen LogP contribution in [-0.4, -0.2) is 22.0 Å². The van der Waals surface area contributed by atoms with Crippen molar-refractivity contribution in [2.24, 2.45) is 5.73 Å². The molecular weight excluding hydrogens is 240 g/mol. The Morgan fingerprint density at radius 1 is 1.53 bits per heavy atom. The molecule has 0 saturated carbocycles. The predicted octanol–water partition coefficient (Wildman–Crippen LogP) is 1.06. The molecule has 5 heteroatoms. The molecule has 0 bridgehead atoms. The molecule has 0 saturated heterocycles. The molecule has 1 amide bonds. The van der Waals surface area contributed by atoms with Crippen LogP contribution in [0.3, 0.4) is 0 Å². The Morgan fingerprint density at radius 3 is 3.11 bits per heavy atom. The highest BCUT2D eigenvalue weighted by Gasteiger charge is 2.22. The molecule has 0 aromatic carbocycles. The molecule has 19 heavy (non-hydrogen) atoms. The lowest BCUT2D eigenvalue weighted by atomic mass is 10.1. The van der Waals surface area contributed by atoms with Gasteiger partial charge in [-0.2, -0.15) is 0 Å². The maximum Gasteiger partial charge on any atom is 0.250 e. The number of nitrogens with one attached hydrogen (secondary N) is 1. The van der Waals surface area contributed by atoms with Crippen molar-refractivity contribution in [3.8, 4) is 11.3 Å². The number of carbonyl (C=O) groups excluding carboxylic acids is 1. The molecule has 3 heterocycles. The number of fused-ring (bicyclic) bond motifs is 1. The summed E-state index contributed by atoms with van der Waals surface area (Å²) in [4.78, 5) is 15.7. The van der Waals surface area contributed by atoms with Gasteiger partial charge in [-0.25, -0.2) is 0 Å². The van der Waals surface area contributed by atoms with Crippen LogP contribution < -0.4 is 11.1 Å². The third-order valence-electron chi connectivity index (χ3n) is 3.59. The molecule has 0 spiro atoms. The van der Waals surface area contributed by atoms with Crippen molar-refractivity contribution in [2.45, 2.75) is 20.0 Å². The summed E-state index contributed by atoms with van der Waals surface area (Å²) in [7, 11) is 0. The van der Waals surface area contributed by atoms with E-state index in [-0.39, 0.29) is 5.91 Å². The third-order valence-corrected chi connectivity index (χ3v) is 3.59. The zero-order valence-corrected chi connectivity index (χ0v) is 10.8. The van der Waals surface area contributed by atoms with Crippen LogP contribution in [0.5, 0.6) is 0 Å². The van der Waals surface area contributed by atoms with Gasteiger partial charge in [-0.15, -0.1) is 0 Å². The van der Waals surface area contributed by atoms with E-state index in [9.17, 15) is 4.79 Å². The van der Waals surface area contributed by atoms with Gasteiger partial charge in [0.2, 0.25) is 0 Å². The van der Waals surface area contributed by atoms with Crippen LogP contribution in [0.2, 0.25) is 0 Å². The average Bonchev–Trinajstić information content (AvgIpc) is 2.79. The SMILES string of the molecule is Cc1ccncc1-c1cc(C(N)=O)c2n1CCNC2. The van der Waals surface area contributed by atoms with E-state index in [0.717, 1.165) is 35.6 Å². The molecule has 0 aliphatic carbocycles. The number of aromatic nitrogens is 2. The van der Waals surface area contributed by atoms with Crippen LogP contribution in [0, 0.1) is 6.92 Å². The summed E-state index contributed by atoms with van der Waals surface area (Å²) in [6, 6.07) is 3.86. The van der Waals surface area contributed by atoms with E-state index in [1.807, 2.05) is 25.3 Å². The molecule has 98 valence electrons. The number of primary amides is 1. The normalized spacial score (nSPS) is 14.2. The second-order valence-corrected chi connectivity index (χ2v) is 4.77. The minimum atomic E-state index is -0.375. The zero-order chi connectivity index (χ0) is 13.4. The van der Waals surface area contributed by atoms with Crippen molar-refractivity contribution >= 4 is 5.91 Å². The zero-order valence-electron chi connectivity index (χ0n) is 10.8. The molecule has 3 N–H and O–H groups in total. The molecule has 0 radical (unpaired) electrons. The summed E-state index contributed by atoms with van der Waals surface area (Å²) in [6.07, 6.45) is 3.61. The summed E-state index contributed by atoms with van der Waals surface area (Å²) < 4.78 is 2.17. The van der Waals surface area contributed by atoms with Crippen LogP contribution in [0.25, 0.3) is 11.3 Å². The molecule has 1 aliphatic heterocycles. The molecule has 0 unspecified atom stereocenters. The van der Waals surface area contributed by atoms with Gasteiger partial charge < -0.3 is 15.6 Å². The van der Waals surface area contributed by atoms with Crippen molar-refractivity contribution < 1.29 is 4.79 Å². The van der Waals surface area contributed by atoms with Crippen LogP contribution >= 0.6 is 0 Å². The van der Waals surface area contributed by atoms with Crippen LogP contribution in [0.15, 0.2) is 24.5 Å². The first-order valence-corrected chi connectivity index (χ1v) is 6.32. The minimum absolute atomic E-state index is 0.375. The first-order chi connectivity index (χ1) is 9.18. The maximum absolute atomic E-state index is 11.6. The van der Waals surface area contributed by atoms with Gasteiger partial charge in [0.1, 0.15) is 0 Å². The van der Waals surface area contributed by atoms with E-state index in [1.54, 1.807) is 6.20 Å². The summed E-state index contributed by atoms with van der Waals surface area (Å²) in [5.41, 5.74) is 10.3. The second-order valence-electron chi connectivity index (χ2n) is 4.77. The standard InChI is InChI=1S/C14H16N4O/c1-9-2-3-16-7-11(9)12-6-10(14(15)19)13-8-17-4-5-18(12)13/h2-3,6-7,17H,4-5,8H2,1H3,(H2,15,19). The van der Waals surface area contributed by atoms with Gasteiger partial charge in [0.25, 0.3) is 5.91 Å². The van der Waals surface area contributed by atoms with Gasteiger partial charge in [-0.1, -0.05) is 0 Å². The Morgan fingerprint density at radius 2 is 2.37 bits per heavy atom. The Kier molecular flexibility index (Phi) is 2.83. The first kappa shape index (κ1) is 11.9. The summed E-state index contributed by atoms with van der Waals surface area (Å²) >= 11 is 0. The van der Waals surface area contributed by atoms with E-state index < -0.39 is 0 Å². The number of carbonyl (C=O) groups is 1. The number of hydrogen-bond acceptors (Lipinski definition) is 3. The number of nitrogens with zero attached hydrogens (tertiary/aromatic N) is 2. The largest absolute Gasteiger partial charge is 0.366 e. The van der Waals surface area contributed by atoms with Crippen molar-refractivity contribution in [3.63, 3.8) is 0 Å². The lowest BCUT2D eigenvalue weighted by Crippen LogP contribution is -2.30. The van der Waals surface area contributed by atoms with Gasteiger partial charge in [-0.05, 0) is 24.6 Å². The Bertz CT molecular complexity index is 645. The smallest absolute Gasteiger partial charge is 0.250 e. The molecule has 2 aromatic rings. The highest BCUT2D eigenvalue weighted by Crippen LogP contribution is 2.29. The van der Waals surface area contributed by atoms with Crippen molar-refractivity contribution in [3.05, 3.63) is 41.3 Å². The van der Waals surface area contributed by atoms with Crippen molar-refractivity contribution in [1.29, 1.82) is 0 Å². The second kappa shape index (κ2) is 4.51. The number of amides is 1. The lowest BCUT2D eigenvalue weighted by Gasteiger charge is -2.20. The average molecular weight is 256 g/mol. The van der Waals surface area contributed by atoms with Gasteiger partial charge in [0.05, 0.1) is 11.3 Å². The summed E-state index contributed by atoms with van der Waals surface area (Å²) in [6.45, 7) is 4.46. The molecule has 3 rings (SSSR count). The number of hydrogen-bond donors (Lipinski definition) is 2. The van der Waals surface area contributed by atoms with Crippen molar-refractivity contribution in [1.82, 2.24) is 14.9 Å². The number of rotatable bonds is 2. The third kappa shape index (κ3) is 1.92. The molecule has 0 fully saturated rings. The Hall–Kier alpha value is -2.14. The van der Waals surface area contributed by atoms with Gasteiger partial charge in [0, 0.05) is 43.3 Å². The van der Waals surface area contributed by atoms with Gasteiger partial charge in [0.15, 0.2) is 0 Å². The fourth-order valence-corrected chi connectivity index (χ4v) is 2.60. The molecule has 1 aliphatic rings. The van der Waals surface area contributed by atoms with E-state index in [4.69, 9.17) is 5.73 Å². The van der Waals surface area contributed by atoms with Gasteiger partial charge in [-0.3, -0.25) is 9.78 Å². The monoisotopic (exact) mass is 256 g/mol. The van der Waals surface area contributed by atoms with E-state index >= 15 is 0 Å². The minimum Gasteiger partial charge on any atom is -0.366 e. The quantitative estimate of drug-likeness (QED) is 0.844. The molecule has 5 nitrogen and oxygen atoms in total. The fraction of sp³-hybridized carbons (Fsp3) is 0.286. The number of nitrogens with two attached hydrogens (primary N) is 1. The lowest BCUT2D eigenvalue weighted by molar-refractivity contribution is 0.0999. The molecular formula is C14H16N4O. The highest BCUT2D eigenvalue weighted by atomic mass is 16.1. The van der Waals surface area contributed by atoms with Crippen LogP contribution in [0.1, 0.15) is 21.6 Å². The van der Waals surface area contributed by atoms with E-state index in [0.29, 0.717) is 12.1 Å². The van der Waals surface area contributed by atoms with Gasteiger partial charge >= 0.3 is 0 Å². The fourth-order valence-electron chi connectivity index (χ4n) is 2.60. The Balaban J connectivity index is 2.22. The van der Waals surface area contributed by atoms with Crippen molar-refractivity contribution in [2.75, 3.05) is 6.54 Å². The number of pyridine rings is 1. The molecule has 2 aromatic heterocycles. The maximum atomic E-state index is 11.6. The Labute approximate surface area is 111 Å². The topological polar surface area (TPSA) is 72.9 Å². The van der Waals surface area contributed by atoms with E-state index in [2.05, 4.69) is 14.9 Å².